The number of nitrogens with zero attached hydrogens (tertiary/aromatic N) is 1. The SMILES string of the molecule is O=[N+]([O-])CS(=O)(=O)c1cccc(F)c1. The van der Waals surface area contributed by atoms with Crippen LogP contribution >= 0.6 is 0 Å². The van der Waals surface area contributed by atoms with E-state index in [-0.39, 0.29) is 4.90 Å². The zero-order valence-corrected chi connectivity index (χ0v) is 7.70. The van der Waals surface area contributed by atoms with Crippen molar-refractivity contribution in [1.82, 2.24) is 0 Å². The van der Waals surface area contributed by atoms with Crippen LogP contribution in [0.2, 0.25) is 0 Å². The lowest BCUT2D eigenvalue weighted by Crippen LogP contribution is -2.14. The van der Waals surface area contributed by atoms with E-state index in [4.69, 9.17) is 0 Å². The van der Waals surface area contributed by atoms with Crippen LogP contribution in [0.4, 0.5) is 4.39 Å². The highest BCUT2D eigenvalue weighted by atomic mass is 32.2. The van der Waals surface area contributed by atoms with Crippen LogP contribution in [0.15, 0.2) is 29.2 Å². The van der Waals surface area contributed by atoms with Gasteiger partial charge in [-0.05, 0) is 18.2 Å². The van der Waals surface area contributed by atoms with E-state index in [9.17, 15) is 22.9 Å². The van der Waals surface area contributed by atoms with Crippen molar-refractivity contribution in [3.8, 4) is 0 Å². The van der Waals surface area contributed by atoms with Crippen molar-refractivity contribution in [3.63, 3.8) is 0 Å². The lowest BCUT2D eigenvalue weighted by molar-refractivity contribution is -0.458. The largest absolute Gasteiger partial charge is 0.305 e. The van der Waals surface area contributed by atoms with E-state index in [1.165, 1.54) is 6.07 Å². The van der Waals surface area contributed by atoms with E-state index in [1.54, 1.807) is 0 Å². The molecule has 0 saturated heterocycles. The Kier molecular flexibility index (Phi) is 2.80. The Morgan fingerprint density at radius 2 is 2.07 bits per heavy atom. The number of nitro groups is 1. The summed E-state index contributed by atoms with van der Waals surface area (Å²) in [6, 6.07) is 4.11. The van der Waals surface area contributed by atoms with Crippen LogP contribution in [0.3, 0.4) is 0 Å². The quantitative estimate of drug-likeness (QED) is 0.557. The Balaban J connectivity index is 3.11. The molecule has 0 aliphatic rings. The fourth-order valence-corrected chi connectivity index (χ4v) is 1.88. The van der Waals surface area contributed by atoms with Crippen LogP contribution in [0.1, 0.15) is 0 Å². The fraction of sp³-hybridized carbons (Fsp3) is 0.143. The summed E-state index contributed by atoms with van der Waals surface area (Å²) in [7, 11) is -4.02. The van der Waals surface area contributed by atoms with Crippen molar-refractivity contribution in [1.29, 1.82) is 0 Å². The smallest absolute Gasteiger partial charge is 0.263 e. The van der Waals surface area contributed by atoms with Gasteiger partial charge in [0.1, 0.15) is 5.82 Å². The number of hydrogen-bond donors (Lipinski definition) is 0. The van der Waals surface area contributed by atoms with Crippen molar-refractivity contribution in [2.75, 3.05) is 5.88 Å². The van der Waals surface area contributed by atoms with E-state index in [0.29, 0.717) is 0 Å². The molecule has 0 heterocycles. The van der Waals surface area contributed by atoms with Crippen LogP contribution in [-0.2, 0) is 9.84 Å². The average Bonchev–Trinajstić information content (AvgIpc) is 2.01. The van der Waals surface area contributed by atoms with Gasteiger partial charge in [0.25, 0.3) is 0 Å². The van der Waals surface area contributed by atoms with Gasteiger partial charge < -0.3 is 0 Å². The first kappa shape index (κ1) is 10.6. The summed E-state index contributed by atoms with van der Waals surface area (Å²) in [6.45, 7) is 0. The standard InChI is InChI=1S/C7H6FNO4S/c8-6-2-1-3-7(4-6)14(12,13)5-9(10)11/h1-4H,5H2. The molecule has 0 fully saturated rings. The van der Waals surface area contributed by atoms with Crippen molar-refractivity contribution < 1.29 is 17.7 Å². The monoisotopic (exact) mass is 219 g/mol. The maximum Gasteiger partial charge on any atom is 0.305 e. The first-order chi connectivity index (χ1) is 6.42. The first-order valence-corrected chi connectivity index (χ1v) is 5.17. The third kappa shape index (κ3) is 2.49. The van der Waals surface area contributed by atoms with Crippen LogP contribution in [-0.4, -0.2) is 19.2 Å². The normalized spacial score (nSPS) is 11.2. The minimum atomic E-state index is -4.02. The fourth-order valence-electron chi connectivity index (χ4n) is 0.874. The molecule has 0 amide bonds. The van der Waals surface area contributed by atoms with Gasteiger partial charge in [0.15, 0.2) is 0 Å². The summed E-state index contributed by atoms with van der Waals surface area (Å²) in [4.78, 5) is 8.65. The minimum absolute atomic E-state index is 0.380. The molecule has 14 heavy (non-hydrogen) atoms. The van der Waals surface area contributed by atoms with Gasteiger partial charge in [0.05, 0.1) is 4.90 Å². The molecule has 0 unspecified atom stereocenters. The van der Waals surface area contributed by atoms with E-state index >= 15 is 0 Å². The molecule has 7 heteroatoms. The topological polar surface area (TPSA) is 77.3 Å². The molecule has 1 rings (SSSR count). The summed E-state index contributed by atoms with van der Waals surface area (Å²) in [5.74, 6) is -1.97. The zero-order valence-electron chi connectivity index (χ0n) is 6.88. The lowest BCUT2D eigenvalue weighted by atomic mass is 10.4. The Morgan fingerprint density at radius 1 is 1.43 bits per heavy atom. The van der Waals surface area contributed by atoms with Crippen LogP contribution < -0.4 is 0 Å². The Bertz CT molecular complexity index is 457. The molecule has 0 atom stereocenters. The highest BCUT2D eigenvalue weighted by Gasteiger charge is 2.21. The number of rotatable bonds is 3. The van der Waals surface area contributed by atoms with E-state index in [1.807, 2.05) is 0 Å². The second-order valence-electron chi connectivity index (χ2n) is 2.53. The molecular weight excluding hydrogens is 213 g/mol. The number of sulfone groups is 1. The predicted octanol–water partition coefficient (Wildman–Crippen LogP) is 0.834. The molecule has 0 aliphatic carbocycles. The lowest BCUT2D eigenvalue weighted by Gasteiger charge is -1.98. The molecule has 0 aromatic heterocycles. The summed E-state index contributed by atoms with van der Waals surface area (Å²) >= 11 is 0. The van der Waals surface area contributed by atoms with E-state index in [2.05, 4.69) is 0 Å². The van der Waals surface area contributed by atoms with E-state index < -0.39 is 26.5 Å². The number of halogens is 1. The van der Waals surface area contributed by atoms with Crippen molar-refractivity contribution >= 4 is 9.84 Å². The molecule has 0 saturated carbocycles. The van der Waals surface area contributed by atoms with Crippen molar-refractivity contribution in [3.05, 3.63) is 40.2 Å². The zero-order chi connectivity index (χ0) is 10.8. The molecule has 0 N–H and O–H groups in total. The van der Waals surface area contributed by atoms with Gasteiger partial charge in [-0.15, -0.1) is 0 Å². The molecule has 0 spiro atoms. The summed E-state index contributed by atoms with van der Waals surface area (Å²) in [5.41, 5.74) is 0. The molecule has 0 radical (unpaired) electrons. The van der Waals surface area contributed by atoms with Crippen molar-refractivity contribution in [2.24, 2.45) is 0 Å². The molecule has 1 aromatic rings. The highest BCUT2D eigenvalue weighted by Crippen LogP contribution is 2.12. The van der Waals surface area contributed by atoms with Crippen LogP contribution in [0, 0.1) is 15.9 Å². The molecule has 0 aliphatic heterocycles. The molecular formula is C7H6FNO4S. The van der Waals surface area contributed by atoms with Crippen LogP contribution in [0.5, 0.6) is 0 Å². The van der Waals surface area contributed by atoms with Gasteiger partial charge in [-0.3, -0.25) is 10.1 Å². The maximum absolute atomic E-state index is 12.6. The van der Waals surface area contributed by atoms with Gasteiger partial charge >= 0.3 is 5.88 Å². The summed E-state index contributed by atoms with van der Waals surface area (Å²) < 4.78 is 35.0. The predicted molar refractivity (Wildman–Crippen MR) is 45.4 cm³/mol. The summed E-state index contributed by atoms with van der Waals surface area (Å²) in [6.07, 6.45) is 0. The van der Waals surface area contributed by atoms with Gasteiger partial charge in [0, 0.05) is 4.92 Å². The van der Waals surface area contributed by atoms with Gasteiger partial charge in [0.2, 0.25) is 9.84 Å². The minimum Gasteiger partial charge on any atom is -0.263 e. The van der Waals surface area contributed by atoms with Gasteiger partial charge in [-0.25, -0.2) is 12.8 Å². The Hall–Kier alpha value is -1.50. The third-order valence-corrected chi connectivity index (χ3v) is 2.95. The molecule has 1 aromatic carbocycles. The molecule has 0 bridgehead atoms. The molecule has 76 valence electrons. The second-order valence-corrected chi connectivity index (χ2v) is 4.49. The van der Waals surface area contributed by atoms with Crippen molar-refractivity contribution in [2.45, 2.75) is 4.90 Å². The maximum atomic E-state index is 12.6. The highest BCUT2D eigenvalue weighted by molar-refractivity contribution is 7.91. The Labute approximate surface area is 79.2 Å². The number of hydrogen-bond acceptors (Lipinski definition) is 4. The van der Waals surface area contributed by atoms with Gasteiger partial charge in [-0.2, -0.15) is 0 Å². The van der Waals surface area contributed by atoms with Gasteiger partial charge in [-0.1, -0.05) is 6.07 Å². The number of benzene rings is 1. The first-order valence-electron chi connectivity index (χ1n) is 3.52. The second kappa shape index (κ2) is 3.70. The average molecular weight is 219 g/mol. The molecule has 5 nitrogen and oxygen atoms in total. The third-order valence-electron chi connectivity index (χ3n) is 1.43. The summed E-state index contributed by atoms with van der Waals surface area (Å²) in [5, 5.41) is 10.0. The Morgan fingerprint density at radius 3 is 2.57 bits per heavy atom. The van der Waals surface area contributed by atoms with Crippen LogP contribution in [0.25, 0.3) is 0 Å². The van der Waals surface area contributed by atoms with E-state index in [0.717, 1.165) is 18.2 Å².